The van der Waals surface area contributed by atoms with Crippen molar-refractivity contribution < 1.29 is 14.3 Å². The maximum Gasteiger partial charge on any atom is 0.244 e. The molecule has 18 heavy (non-hydrogen) atoms. The molecule has 0 aliphatic carbocycles. The molecule has 0 aliphatic rings. The number of hydrogen-bond acceptors (Lipinski definition) is 2. The molecule has 98 valence electrons. The number of rotatable bonds is 5. The first-order valence-corrected chi connectivity index (χ1v) is 5.92. The molecule has 1 rings (SSSR count). The van der Waals surface area contributed by atoms with Crippen molar-refractivity contribution in [1.82, 2.24) is 5.32 Å². The molecule has 0 aromatic heterocycles. The van der Waals surface area contributed by atoms with Gasteiger partial charge in [0, 0.05) is 6.08 Å². The molecule has 0 fully saturated rings. The molecule has 0 radical (unpaired) electrons. The Balaban J connectivity index is 2.70. The summed E-state index contributed by atoms with van der Waals surface area (Å²) < 4.78 is 12.7. The summed E-state index contributed by atoms with van der Waals surface area (Å²) >= 11 is 0. The lowest BCUT2D eigenvalue weighted by atomic mass is 10.1. The van der Waals surface area contributed by atoms with Gasteiger partial charge >= 0.3 is 0 Å². The number of nitrogens with one attached hydrogen (secondary N) is 1. The summed E-state index contributed by atoms with van der Waals surface area (Å²) in [4.78, 5) is 11.6. The quantitative estimate of drug-likeness (QED) is 0.787. The largest absolute Gasteiger partial charge is 0.394 e. The Morgan fingerprint density at radius 3 is 2.56 bits per heavy atom. The van der Waals surface area contributed by atoms with Gasteiger partial charge in [0.25, 0.3) is 0 Å². The van der Waals surface area contributed by atoms with Gasteiger partial charge in [0.05, 0.1) is 12.6 Å². The fraction of sp³-hybridized carbons (Fsp3) is 0.357. The molecule has 1 unspecified atom stereocenters. The van der Waals surface area contributed by atoms with E-state index in [1.807, 2.05) is 6.92 Å². The lowest BCUT2D eigenvalue weighted by Gasteiger charge is -2.12. The van der Waals surface area contributed by atoms with Crippen LogP contribution in [-0.2, 0) is 4.79 Å². The number of aliphatic hydroxyl groups excluding tert-OH is 1. The van der Waals surface area contributed by atoms with Crippen molar-refractivity contribution in [3.8, 4) is 0 Å². The van der Waals surface area contributed by atoms with E-state index in [0.717, 1.165) is 11.1 Å². The SMILES string of the molecule is CCC(CO)NC(=O)/C=C(/C)c1ccc(F)cc1. The smallest absolute Gasteiger partial charge is 0.244 e. The monoisotopic (exact) mass is 251 g/mol. The van der Waals surface area contributed by atoms with Crippen LogP contribution in [0.5, 0.6) is 0 Å². The number of hydrogen-bond donors (Lipinski definition) is 2. The Morgan fingerprint density at radius 1 is 1.44 bits per heavy atom. The zero-order valence-corrected chi connectivity index (χ0v) is 10.6. The van der Waals surface area contributed by atoms with Crippen LogP contribution in [0.4, 0.5) is 4.39 Å². The van der Waals surface area contributed by atoms with Crippen molar-refractivity contribution >= 4 is 11.5 Å². The predicted octanol–water partition coefficient (Wildman–Crippen LogP) is 2.12. The molecule has 1 aromatic rings. The first-order valence-electron chi connectivity index (χ1n) is 5.92. The molecule has 3 nitrogen and oxygen atoms in total. The molecular formula is C14H18FNO2. The van der Waals surface area contributed by atoms with Crippen LogP contribution in [0, 0.1) is 5.82 Å². The average molecular weight is 251 g/mol. The highest BCUT2D eigenvalue weighted by molar-refractivity contribution is 5.94. The van der Waals surface area contributed by atoms with Gasteiger partial charge in [0.1, 0.15) is 5.82 Å². The van der Waals surface area contributed by atoms with Crippen molar-refractivity contribution in [2.45, 2.75) is 26.3 Å². The second-order valence-electron chi connectivity index (χ2n) is 4.13. The molecule has 1 amide bonds. The minimum absolute atomic E-state index is 0.0777. The van der Waals surface area contributed by atoms with Crippen molar-refractivity contribution in [3.05, 3.63) is 41.7 Å². The maximum atomic E-state index is 12.7. The van der Waals surface area contributed by atoms with Crippen molar-refractivity contribution in [2.75, 3.05) is 6.61 Å². The minimum atomic E-state index is -0.303. The first kappa shape index (κ1) is 14.4. The third-order valence-electron chi connectivity index (χ3n) is 2.71. The van der Waals surface area contributed by atoms with E-state index < -0.39 is 0 Å². The molecule has 0 saturated heterocycles. The van der Waals surface area contributed by atoms with Crippen molar-refractivity contribution in [3.63, 3.8) is 0 Å². The summed E-state index contributed by atoms with van der Waals surface area (Å²) in [5.41, 5.74) is 1.55. The van der Waals surface area contributed by atoms with Crippen LogP contribution in [0.25, 0.3) is 5.57 Å². The zero-order valence-electron chi connectivity index (χ0n) is 10.6. The summed E-state index contributed by atoms with van der Waals surface area (Å²) in [5, 5.41) is 11.7. The predicted molar refractivity (Wildman–Crippen MR) is 69.4 cm³/mol. The van der Waals surface area contributed by atoms with E-state index in [2.05, 4.69) is 5.32 Å². The van der Waals surface area contributed by atoms with Crippen LogP contribution in [0.2, 0.25) is 0 Å². The van der Waals surface area contributed by atoms with Gasteiger partial charge in [-0.05, 0) is 36.6 Å². The second-order valence-corrected chi connectivity index (χ2v) is 4.13. The van der Waals surface area contributed by atoms with Gasteiger partial charge in [-0.15, -0.1) is 0 Å². The average Bonchev–Trinajstić information content (AvgIpc) is 2.36. The van der Waals surface area contributed by atoms with E-state index in [-0.39, 0.29) is 24.4 Å². The van der Waals surface area contributed by atoms with E-state index in [9.17, 15) is 9.18 Å². The fourth-order valence-corrected chi connectivity index (χ4v) is 1.51. The van der Waals surface area contributed by atoms with E-state index >= 15 is 0 Å². The Kier molecular flexibility index (Phi) is 5.52. The van der Waals surface area contributed by atoms with Gasteiger partial charge in [-0.2, -0.15) is 0 Å². The molecule has 0 heterocycles. The van der Waals surface area contributed by atoms with Gasteiger partial charge in [-0.25, -0.2) is 4.39 Å². The highest BCUT2D eigenvalue weighted by Gasteiger charge is 2.07. The Morgan fingerprint density at radius 2 is 2.06 bits per heavy atom. The minimum Gasteiger partial charge on any atom is -0.394 e. The first-order chi connectivity index (χ1) is 8.56. The number of benzene rings is 1. The highest BCUT2D eigenvalue weighted by atomic mass is 19.1. The van der Waals surface area contributed by atoms with Gasteiger partial charge in [0.2, 0.25) is 5.91 Å². The van der Waals surface area contributed by atoms with E-state index in [0.29, 0.717) is 6.42 Å². The summed E-state index contributed by atoms with van der Waals surface area (Å²) in [7, 11) is 0. The molecule has 4 heteroatoms. The lowest BCUT2D eigenvalue weighted by Crippen LogP contribution is -2.35. The summed E-state index contributed by atoms with van der Waals surface area (Å²) in [6, 6.07) is 5.73. The number of aliphatic hydroxyl groups is 1. The van der Waals surface area contributed by atoms with Crippen molar-refractivity contribution in [1.29, 1.82) is 0 Å². The standard InChI is InChI=1S/C14H18FNO2/c1-3-13(9-17)16-14(18)8-10(2)11-4-6-12(15)7-5-11/h4-8,13,17H,3,9H2,1-2H3,(H,16,18)/b10-8-. The third kappa shape index (κ3) is 4.30. The molecule has 2 N–H and O–H groups in total. The zero-order chi connectivity index (χ0) is 13.5. The molecule has 1 aromatic carbocycles. The number of halogens is 1. The van der Waals surface area contributed by atoms with Crippen LogP contribution in [-0.4, -0.2) is 23.7 Å². The molecule has 0 spiro atoms. The van der Waals surface area contributed by atoms with Crippen LogP contribution >= 0.6 is 0 Å². The number of allylic oxidation sites excluding steroid dienone is 1. The highest BCUT2D eigenvalue weighted by Crippen LogP contribution is 2.13. The Labute approximate surface area is 106 Å². The molecule has 0 saturated carbocycles. The van der Waals surface area contributed by atoms with Gasteiger partial charge in [-0.3, -0.25) is 4.79 Å². The van der Waals surface area contributed by atoms with Gasteiger partial charge in [0.15, 0.2) is 0 Å². The van der Waals surface area contributed by atoms with Crippen LogP contribution in [0.1, 0.15) is 25.8 Å². The summed E-state index contributed by atoms with van der Waals surface area (Å²) in [6.45, 7) is 3.59. The molecule has 0 bridgehead atoms. The Hall–Kier alpha value is -1.68. The van der Waals surface area contributed by atoms with Crippen LogP contribution < -0.4 is 5.32 Å². The fourth-order valence-electron chi connectivity index (χ4n) is 1.51. The molecular weight excluding hydrogens is 233 g/mol. The normalized spacial score (nSPS) is 13.2. The number of amides is 1. The topological polar surface area (TPSA) is 49.3 Å². The Bertz CT molecular complexity index is 422. The molecule has 1 atom stereocenters. The number of carbonyl (C=O) groups excluding carboxylic acids is 1. The van der Waals surface area contributed by atoms with E-state index in [1.54, 1.807) is 19.1 Å². The molecule has 0 aliphatic heterocycles. The number of carbonyl (C=O) groups is 1. The maximum absolute atomic E-state index is 12.7. The summed E-state index contributed by atoms with van der Waals surface area (Å²) in [6.07, 6.45) is 2.12. The van der Waals surface area contributed by atoms with E-state index in [4.69, 9.17) is 5.11 Å². The third-order valence-corrected chi connectivity index (χ3v) is 2.71. The van der Waals surface area contributed by atoms with E-state index in [1.165, 1.54) is 18.2 Å². The lowest BCUT2D eigenvalue weighted by molar-refractivity contribution is -0.117. The van der Waals surface area contributed by atoms with Crippen molar-refractivity contribution in [2.24, 2.45) is 0 Å². The summed E-state index contributed by atoms with van der Waals surface area (Å²) in [5.74, 6) is -0.556. The van der Waals surface area contributed by atoms with Crippen LogP contribution in [0.3, 0.4) is 0 Å². The van der Waals surface area contributed by atoms with Gasteiger partial charge < -0.3 is 10.4 Å². The second kappa shape index (κ2) is 6.91. The van der Waals surface area contributed by atoms with Gasteiger partial charge in [-0.1, -0.05) is 19.1 Å². The van der Waals surface area contributed by atoms with Crippen LogP contribution in [0.15, 0.2) is 30.3 Å².